The van der Waals surface area contributed by atoms with Crippen molar-refractivity contribution < 1.29 is 9.90 Å². The van der Waals surface area contributed by atoms with Gasteiger partial charge in [-0.25, -0.2) is 0 Å². The number of hydrogen-bond donors (Lipinski definition) is 1. The summed E-state index contributed by atoms with van der Waals surface area (Å²) in [7, 11) is 0. The molecule has 0 saturated carbocycles. The lowest BCUT2D eigenvalue weighted by atomic mass is 10.0. The predicted molar refractivity (Wildman–Crippen MR) is 82.4 cm³/mol. The molecule has 0 fully saturated rings. The molecule has 0 aromatic carbocycles. The maximum absolute atomic E-state index is 10.3. The van der Waals surface area contributed by atoms with Crippen LogP contribution in [0.1, 0.15) is 84.5 Å². The van der Waals surface area contributed by atoms with Crippen molar-refractivity contribution in [1.82, 2.24) is 0 Å². The Morgan fingerprint density at radius 2 is 1.58 bits per heavy atom. The van der Waals surface area contributed by atoms with Gasteiger partial charge in [0.15, 0.2) is 0 Å². The van der Waals surface area contributed by atoms with Crippen molar-refractivity contribution in [3.05, 3.63) is 12.2 Å². The van der Waals surface area contributed by atoms with E-state index >= 15 is 0 Å². The number of hydrogen-bond acceptors (Lipinski definition) is 1. The van der Waals surface area contributed by atoms with Gasteiger partial charge >= 0.3 is 5.97 Å². The van der Waals surface area contributed by atoms with Gasteiger partial charge < -0.3 is 5.11 Å². The highest BCUT2D eigenvalue weighted by Crippen LogP contribution is 2.12. The Hall–Kier alpha value is -0.790. The molecule has 0 aromatic heterocycles. The second-order valence-corrected chi connectivity index (χ2v) is 5.62. The minimum absolute atomic E-state index is 0.329. The average molecular weight is 268 g/mol. The molecule has 1 atom stereocenters. The van der Waals surface area contributed by atoms with E-state index in [1.54, 1.807) is 0 Å². The molecule has 0 radical (unpaired) electrons. The van der Waals surface area contributed by atoms with Gasteiger partial charge in [-0.3, -0.25) is 4.79 Å². The van der Waals surface area contributed by atoms with Crippen LogP contribution in [0, 0.1) is 5.92 Å². The minimum atomic E-state index is -0.666. The van der Waals surface area contributed by atoms with Crippen LogP contribution in [0.25, 0.3) is 0 Å². The first kappa shape index (κ1) is 18.2. The standard InChI is InChI=1S/C17H32O2/c1-3-16(2)14-12-10-8-6-4-5-7-9-11-13-15-17(18)19/h6,8,16H,3-5,7,9-15H2,1-2H3,(H,18,19)/b8-6-. The summed E-state index contributed by atoms with van der Waals surface area (Å²) in [6.07, 6.45) is 16.9. The lowest BCUT2D eigenvalue weighted by Crippen LogP contribution is -1.93. The van der Waals surface area contributed by atoms with Gasteiger partial charge in [-0.15, -0.1) is 0 Å². The molecule has 2 nitrogen and oxygen atoms in total. The molecule has 0 bridgehead atoms. The molecule has 1 N–H and O–H groups in total. The van der Waals surface area contributed by atoms with Crippen LogP contribution in [0.3, 0.4) is 0 Å². The maximum atomic E-state index is 10.3. The Balaban J connectivity index is 3.15. The Bertz CT molecular complexity index is 233. The number of aliphatic carboxylic acids is 1. The fourth-order valence-corrected chi connectivity index (χ4v) is 2.09. The van der Waals surface area contributed by atoms with Crippen molar-refractivity contribution >= 4 is 5.97 Å². The largest absolute Gasteiger partial charge is 0.481 e. The normalized spacial score (nSPS) is 12.9. The summed E-state index contributed by atoms with van der Waals surface area (Å²) in [5.74, 6) is 0.208. The van der Waals surface area contributed by atoms with E-state index in [-0.39, 0.29) is 0 Å². The zero-order valence-electron chi connectivity index (χ0n) is 12.9. The summed E-state index contributed by atoms with van der Waals surface area (Å²) in [6.45, 7) is 4.59. The number of carboxylic acids is 1. The number of allylic oxidation sites excluding steroid dienone is 2. The molecule has 0 aliphatic carbocycles. The first-order valence-corrected chi connectivity index (χ1v) is 8.03. The van der Waals surface area contributed by atoms with Crippen molar-refractivity contribution in [2.75, 3.05) is 0 Å². The second kappa shape index (κ2) is 13.6. The van der Waals surface area contributed by atoms with Crippen molar-refractivity contribution in [3.63, 3.8) is 0 Å². The minimum Gasteiger partial charge on any atom is -0.481 e. The first-order chi connectivity index (χ1) is 9.16. The highest BCUT2D eigenvalue weighted by molar-refractivity contribution is 5.66. The van der Waals surface area contributed by atoms with Crippen LogP contribution in [0.5, 0.6) is 0 Å². The summed E-state index contributed by atoms with van der Waals surface area (Å²) < 4.78 is 0. The van der Waals surface area contributed by atoms with Gasteiger partial charge in [0.05, 0.1) is 0 Å². The molecule has 0 saturated heterocycles. The fraction of sp³-hybridized carbons (Fsp3) is 0.824. The molecule has 19 heavy (non-hydrogen) atoms. The third-order valence-corrected chi connectivity index (χ3v) is 3.69. The predicted octanol–water partition coefficient (Wildman–Crippen LogP) is 5.57. The number of carboxylic acid groups (broad SMARTS) is 1. The first-order valence-electron chi connectivity index (χ1n) is 8.03. The number of rotatable bonds is 13. The second-order valence-electron chi connectivity index (χ2n) is 5.62. The molecule has 0 aliphatic rings. The van der Waals surface area contributed by atoms with E-state index < -0.39 is 5.97 Å². The average Bonchev–Trinajstić information content (AvgIpc) is 2.39. The third-order valence-electron chi connectivity index (χ3n) is 3.69. The van der Waals surface area contributed by atoms with E-state index in [4.69, 9.17) is 5.11 Å². The molecule has 0 heterocycles. The zero-order chi connectivity index (χ0) is 14.3. The van der Waals surface area contributed by atoms with Crippen LogP contribution < -0.4 is 0 Å². The van der Waals surface area contributed by atoms with Gasteiger partial charge in [0.1, 0.15) is 0 Å². The van der Waals surface area contributed by atoms with Crippen LogP contribution in [-0.4, -0.2) is 11.1 Å². The fourth-order valence-electron chi connectivity index (χ4n) is 2.09. The number of carbonyl (C=O) groups is 1. The van der Waals surface area contributed by atoms with Crippen LogP contribution in [0.15, 0.2) is 12.2 Å². The summed E-state index contributed by atoms with van der Waals surface area (Å²) in [5.41, 5.74) is 0. The monoisotopic (exact) mass is 268 g/mol. The van der Waals surface area contributed by atoms with Gasteiger partial charge in [-0.1, -0.05) is 58.1 Å². The molecule has 112 valence electrons. The molecule has 0 spiro atoms. The molecule has 1 unspecified atom stereocenters. The summed E-state index contributed by atoms with van der Waals surface area (Å²) in [6, 6.07) is 0. The molecule has 0 aromatic rings. The van der Waals surface area contributed by atoms with Crippen molar-refractivity contribution in [3.8, 4) is 0 Å². The smallest absolute Gasteiger partial charge is 0.303 e. The Kier molecular flexibility index (Phi) is 13.1. The van der Waals surface area contributed by atoms with E-state index in [0.29, 0.717) is 6.42 Å². The molecule has 0 aliphatic heterocycles. The van der Waals surface area contributed by atoms with Crippen molar-refractivity contribution in [2.24, 2.45) is 5.92 Å². The van der Waals surface area contributed by atoms with E-state index in [2.05, 4.69) is 26.0 Å². The van der Waals surface area contributed by atoms with Gasteiger partial charge in [-0.2, -0.15) is 0 Å². The zero-order valence-corrected chi connectivity index (χ0v) is 12.9. The van der Waals surface area contributed by atoms with Gasteiger partial charge in [0.25, 0.3) is 0 Å². The van der Waals surface area contributed by atoms with Crippen molar-refractivity contribution in [1.29, 1.82) is 0 Å². The lowest BCUT2D eigenvalue weighted by molar-refractivity contribution is -0.137. The summed E-state index contributed by atoms with van der Waals surface area (Å²) >= 11 is 0. The highest BCUT2D eigenvalue weighted by Gasteiger charge is 1.97. The Labute approximate surface area is 119 Å². The van der Waals surface area contributed by atoms with Crippen LogP contribution in [0.4, 0.5) is 0 Å². The number of unbranched alkanes of at least 4 members (excludes halogenated alkanes) is 6. The topological polar surface area (TPSA) is 37.3 Å². The molecule has 2 heteroatoms. The Morgan fingerprint density at radius 1 is 1.00 bits per heavy atom. The highest BCUT2D eigenvalue weighted by atomic mass is 16.4. The van der Waals surface area contributed by atoms with E-state index in [1.165, 1.54) is 51.4 Å². The lowest BCUT2D eigenvalue weighted by Gasteiger charge is -2.05. The van der Waals surface area contributed by atoms with Gasteiger partial charge in [0, 0.05) is 6.42 Å². The van der Waals surface area contributed by atoms with E-state index in [9.17, 15) is 4.79 Å². The molecular weight excluding hydrogens is 236 g/mol. The molecule has 0 rings (SSSR count). The molecule has 0 amide bonds. The SMILES string of the molecule is CCC(C)CCC/C=C\CCCCCCCC(=O)O. The van der Waals surface area contributed by atoms with Gasteiger partial charge in [-0.05, 0) is 38.0 Å². The summed E-state index contributed by atoms with van der Waals surface area (Å²) in [4.78, 5) is 10.3. The van der Waals surface area contributed by atoms with Crippen molar-refractivity contribution in [2.45, 2.75) is 84.5 Å². The van der Waals surface area contributed by atoms with E-state index in [1.807, 2.05) is 0 Å². The van der Waals surface area contributed by atoms with Crippen LogP contribution >= 0.6 is 0 Å². The molecular formula is C17H32O2. The van der Waals surface area contributed by atoms with Crippen LogP contribution in [0.2, 0.25) is 0 Å². The maximum Gasteiger partial charge on any atom is 0.303 e. The quantitative estimate of drug-likeness (QED) is 0.350. The summed E-state index contributed by atoms with van der Waals surface area (Å²) in [5, 5.41) is 8.50. The Morgan fingerprint density at radius 3 is 2.21 bits per heavy atom. The third kappa shape index (κ3) is 15.2. The van der Waals surface area contributed by atoms with Crippen LogP contribution in [-0.2, 0) is 4.79 Å². The van der Waals surface area contributed by atoms with E-state index in [0.717, 1.165) is 18.8 Å². The van der Waals surface area contributed by atoms with Gasteiger partial charge in [0.2, 0.25) is 0 Å².